The van der Waals surface area contributed by atoms with Crippen LogP contribution >= 0.6 is 42.5 Å². The molecule has 96 valence electrons. The lowest BCUT2D eigenvalue weighted by Crippen LogP contribution is -2.16. The van der Waals surface area contributed by atoms with Crippen LogP contribution in [0.25, 0.3) is 0 Å². The fraction of sp³-hybridized carbons (Fsp3) is 0.400. The van der Waals surface area contributed by atoms with Crippen LogP contribution in [0.3, 0.4) is 0 Å². The van der Waals surface area contributed by atoms with Gasteiger partial charge < -0.3 is 4.74 Å². The van der Waals surface area contributed by atoms with Crippen LogP contribution in [0.2, 0.25) is 0 Å². The molecule has 3 nitrogen and oxygen atoms in total. The SMILES string of the molecule is CC(COc1ccc(Br)cc1Br)CS(=O)(=O)Cl. The second-order valence-electron chi connectivity index (χ2n) is 3.70. The van der Waals surface area contributed by atoms with Crippen LogP contribution in [0.15, 0.2) is 27.1 Å². The van der Waals surface area contributed by atoms with Gasteiger partial charge in [-0.15, -0.1) is 0 Å². The zero-order chi connectivity index (χ0) is 13.1. The van der Waals surface area contributed by atoms with Gasteiger partial charge >= 0.3 is 0 Å². The normalized spacial score (nSPS) is 13.4. The van der Waals surface area contributed by atoms with Gasteiger partial charge in [0.25, 0.3) is 0 Å². The standard InChI is InChI=1S/C10H11Br2ClO3S/c1-7(6-17(13,14)15)5-16-10-3-2-8(11)4-9(10)12/h2-4,7H,5-6H2,1H3. The van der Waals surface area contributed by atoms with Gasteiger partial charge in [0.05, 0.1) is 16.8 Å². The smallest absolute Gasteiger partial charge is 0.232 e. The summed E-state index contributed by atoms with van der Waals surface area (Å²) in [6.45, 7) is 2.07. The van der Waals surface area contributed by atoms with Gasteiger partial charge in [-0.3, -0.25) is 0 Å². The summed E-state index contributed by atoms with van der Waals surface area (Å²) >= 11 is 6.69. The van der Waals surface area contributed by atoms with Crippen molar-refractivity contribution in [3.05, 3.63) is 27.1 Å². The third-order valence-electron chi connectivity index (χ3n) is 1.90. The molecule has 0 amide bonds. The Balaban J connectivity index is 2.56. The van der Waals surface area contributed by atoms with E-state index in [1.54, 1.807) is 13.0 Å². The molecule has 0 radical (unpaired) electrons. The molecule has 0 saturated heterocycles. The first-order valence-electron chi connectivity index (χ1n) is 4.78. The zero-order valence-electron chi connectivity index (χ0n) is 8.99. The predicted molar refractivity (Wildman–Crippen MR) is 76.1 cm³/mol. The van der Waals surface area contributed by atoms with Crippen LogP contribution in [0.1, 0.15) is 6.92 Å². The van der Waals surface area contributed by atoms with Gasteiger partial charge in [0.15, 0.2) is 0 Å². The van der Waals surface area contributed by atoms with Crippen molar-refractivity contribution in [3.63, 3.8) is 0 Å². The van der Waals surface area contributed by atoms with Crippen molar-refractivity contribution in [2.75, 3.05) is 12.4 Å². The van der Waals surface area contributed by atoms with E-state index in [1.807, 2.05) is 12.1 Å². The van der Waals surface area contributed by atoms with Crippen molar-refractivity contribution >= 4 is 51.6 Å². The van der Waals surface area contributed by atoms with E-state index in [1.165, 1.54) is 0 Å². The lowest BCUT2D eigenvalue weighted by Gasteiger charge is -2.12. The van der Waals surface area contributed by atoms with E-state index in [9.17, 15) is 8.42 Å². The lowest BCUT2D eigenvalue weighted by atomic mass is 10.2. The molecule has 0 aliphatic heterocycles. The molecule has 0 spiro atoms. The van der Waals surface area contributed by atoms with E-state index in [0.29, 0.717) is 12.4 Å². The Labute approximate surface area is 122 Å². The summed E-state index contributed by atoms with van der Waals surface area (Å²) in [6, 6.07) is 5.51. The second-order valence-corrected chi connectivity index (χ2v) is 8.29. The van der Waals surface area contributed by atoms with Gasteiger partial charge in [0, 0.05) is 21.1 Å². The fourth-order valence-electron chi connectivity index (χ4n) is 1.21. The molecule has 1 aromatic carbocycles. The minimum Gasteiger partial charge on any atom is -0.492 e. The predicted octanol–water partition coefficient (Wildman–Crippen LogP) is 3.80. The van der Waals surface area contributed by atoms with Gasteiger partial charge in [-0.05, 0) is 34.1 Å². The number of hydrogen-bond donors (Lipinski definition) is 0. The molecular weight excluding hydrogens is 395 g/mol. The van der Waals surface area contributed by atoms with E-state index < -0.39 is 9.05 Å². The van der Waals surface area contributed by atoms with E-state index in [0.717, 1.165) is 8.95 Å². The van der Waals surface area contributed by atoms with Crippen LogP contribution in [0.5, 0.6) is 5.75 Å². The van der Waals surface area contributed by atoms with Crippen molar-refractivity contribution in [3.8, 4) is 5.75 Å². The zero-order valence-corrected chi connectivity index (χ0v) is 13.7. The Hall–Kier alpha value is 0.220. The molecule has 0 N–H and O–H groups in total. The monoisotopic (exact) mass is 404 g/mol. The van der Waals surface area contributed by atoms with Crippen LogP contribution in [-0.4, -0.2) is 20.8 Å². The Bertz CT molecular complexity index is 490. The summed E-state index contributed by atoms with van der Waals surface area (Å²) in [6.07, 6.45) is 0. The average molecular weight is 407 g/mol. The maximum atomic E-state index is 10.9. The summed E-state index contributed by atoms with van der Waals surface area (Å²) in [7, 11) is 1.69. The van der Waals surface area contributed by atoms with Crippen molar-refractivity contribution in [2.45, 2.75) is 6.92 Å². The molecule has 0 bridgehead atoms. The van der Waals surface area contributed by atoms with Crippen LogP contribution in [0, 0.1) is 5.92 Å². The lowest BCUT2D eigenvalue weighted by molar-refractivity contribution is 0.270. The molecule has 0 aliphatic rings. The molecule has 7 heteroatoms. The van der Waals surface area contributed by atoms with Crippen LogP contribution < -0.4 is 4.74 Å². The Morgan fingerprint density at radius 3 is 2.59 bits per heavy atom. The molecule has 0 fully saturated rings. The highest BCUT2D eigenvalue weighted by atomic mass is 79.9. The molecule has 1 rings (SSSR count). The molecule has 1 unspecified atom stereocenters. The van der Waals surface area contributed by atoms with Crippen molar-refractivity contribution in [2.24, 2.45) is 5.92 Å². The third kappa shape index (κ3) is 6.08. The molecule has 1 atom stereocenters. The molecule has 17 heavy (non-hydrogen) atoms. The maximum Gasteiger partial charge on any atom is 0.232 e. The van der Waals surface area contributed by atoms with E-state index in [2.05, 4.69) is 31.9 Å². The summed E-state index contributed by atoms with van der Waals surface area (Å²) in [5.74, 6) is 0.419. The Kier molecular flexibility index (Phi) is 5.76. The minimum absolute atomic E-state index is 0.0945. The summed E-state index contributed by atoms with van der Waals surface area (Å²) < 4.78 is 29.0. The van der Waals surface area contributed by atoms with Crippen molar-refractivity contribution in [1.82, 2.24) is 0 Å². The Morgan fingerprint density at radius 1 is 1.41 bits per heavy atom. The number of halogens is 3. The second kappa shape index (κ2) is 6.41. The Morgan fingerprint density at radius 2 is 2.06 bits per heavy atom. The number of hydrogen-bond acceptors (Lipinski definition) is 3. The molecule has 0 aromatic heterocycles. The molecule has 0 heterocycles. The van der Waals surface area contributed by atoms with Crippen molar-refractivity contribution in [1.29, 1.82) is 0 Å². The van der Waals surface area contributed by atoms with Crippen molar-refractivity contribution < 1.29 is 13.2 Å². The van der Waals surface area contributed by atoms with E-state index >= 15 is 0 Å². The fourth-order valence-corrected chi connectivity index (χ4v) is 3.79. The maximum absolute atomic E-state index is 10.9. The topological polar surface area (TPSA) is 43.4 Å². The highest BCUT2D eigenvalue weighted by Crippen LogP contribution is 2.28. The first-order valence-corrected chi connectivity index (χ1v) is 8.84. The highest BCUT2D eigenvalue weighted by Gasteiger charge is 2.13. The minimum atomic E-state index is -3.47. The molecule has 0 saturated carbocycles. The first-order chi connectivity index (χ1) is 7.78. The quantitative estimate of drug-likeness (QED) is 0.699. The summed E-state index contributed by atoms with van der Waals surface area (Å²) in [5.41, 5.74) is 0. The molecule has 0 aliphatic carbocycles. The van der Waals surface area contributed by atoms with Crippen LogP contribution in [0.4, 0.5) is 0 Å². The average Bonchev–Trinajstić information content (AvgIpc) is 2.13. The van der Waals surface area contributed by atoms with Gasteiger partial charge in [-0.25, -0.2) is 8.42 Å². The van der Waals surface area contributed by atoms with Crippen LogP contribution in [-0.2, 0) is 9.05 Å². The van der Waals surface area contributed by atoms with Gasteiger partial charge in [-0.1, -0.05) is 22.9 Å². The third-order valence-corrected chi connectivity index (χ3v) is 4.36. The van der Waals surface area contributed by atoms with Gasteiger partial charge in [-0.2, -0.15) is 0 Å². The number of benzene rings is 1. The largest absolute Gasteiger partial charge is 0.492 e. The first kappa shape index (κ1) is 15.3. The number of rotatable bonds is 5. The van der Waals surface area contributed by atoms with Gasteiger partial charge in [0.2, 0.25) is 9.05 Å². The highest BCUT2D eigenvalue weighted by molar-refractivity contribution is 9.11. The molecular formula is C10H11Br2ClO3S. The van der Waals surface area contributed by atoms with E-state index in [-0.39, 0.29) is 11.7 Å². The van der Waals surface area contributed by atoms with Gasteiger partial charge in [0.1, 0.15) is 5.75 Å². The summed E-state index contributed by atoms with van der Waals surface area (Å²) in [5, 5.41) is 0. The molecule has 1 aromatic rings. The van der Waals surface area contributed by atoms with E-state index in [4.69, 9.17) is 15.4 Å². The summed E-state index contributed by atoms with van der Waals surface area (Å²) in [4.78, 5) is 0. The number of ether oxygens (including phenoxy) is 1.